The zero-order chi connectivity index (χ0) is 13.0. The van der Waals surface area contributed by atoms with Gasteiger partial charge in [0.1, 0.15) is 6.10 Å². The second kappa shape index (κ2) is 5.51. The molecule has 0 aliphatic carbocycles. The van der Waals surface area contributed by atoms with Crippen molar-refractivity contribution in [2.45, 2.75) is 6.10 Å². The van der Waals surface area contributed by atoms with Gasteiger partial charge in [0.25, 0.3) is 5.91 Å². The average Bonchev–Trinajstić information content (AvgIpc) is 2.28. The van der Waals surface area contributed by atoms with Crippen LogP contribution in [0.3, 0.4) is 0 Å². The number of nitrogens with two attached hydrogens (primary N) is 2. The number of amides is 2. The zero-order valence-corrected chi connectivity index (χ0v) is 9.57. The lowest BCUT2D eigenvalue weighted by Gasteiger charge is -2.09. The first kappa shape index (κ1) is 13.3. The Labute approximate surface area is 103 Å². The van der Waals surface area contributed by atoms with E-state index in [4.69, 9.17) is 28.2 Å². The number of hydrogen-bond donors (Lipinski definition) is 4. The van der Waals surface area contributed by atoms with Crippen LogP contribution in [0.4, 0.5) is 5.69 Å². The summed E-state index contributed by atoms with van der Waals surface area (Å²) in [5.74, 6) is -1.38. The monoisotopic (exact) mass is 257 g/mol. The Balaban J connectivity index is 2.64. The van der Waals surface area contributed by atoms with E-state index in [0.29, 0.717) is 5.69 Å². The third-order valence-electron chi connectivity index (χ3n) is 2.05. The number of nitrogen functional groups attached to an aromatic ring is 1. The molecule has 7 heteroatoms. The summed E-state index contributed by atoms with van der Waals surface area (Å²) in [6.07, 6.45) is -1.41. The zero-order valence-electron chi connectivity index (χ0n) is 8.81. The van der Waals surface area contributed by atoms with Gasteiger partial charge in [0.05, 0.1) is 17.3 Å². The van der Waals surface area contributed by atoms with E-state index < -0.39 is 17.9 Å². The molecular formula is C10H12ClN3O3. The van der Waals surface area contributed by atoms with Crippen molar-refractivity contribution in [1.29, 1.82) is 0 Å². The first-order valence-electron chi connectivity index (χ1n) is 4.72. The average molecular weight is 258 g/mol. The Kier molecular flexibility index (Phi) is 4.30. The molecule has 0 spiro atoms. The van der Waals surface area contributed by atoms with E-state index in [1.165, 1.54) is 18.2 Å². The van der Waals surface area contributed by atoms with Gasteiger partial charge in [-0.3, -0.25) is 9.59 Å². The standard InChI is InChI=1S/C10H12ClN3O3/c11-6-3-5(1-2-7(6)12)10(17)14-4-8(15)9(13)16/h1-3,8,15H,4,12H2,(H2,13,16)(H,14,17). The van der Waals surface area contributed by atoms with Gasteiger partial charge in [0, 0.05) is 5.56 Å². The highest BCUT2D eigenvalue weighted by Gasteiger charge is 2.13. The molecule has 0 radical (unpaired) electrons. The molecule has 0 heterocycles. The number of aliphatic hydroxyl groups excluding tert-OH is 1. The highest BCUT2D eigenvalue weighted by molar-refractivity contribution is 6.33. The van der Waals surface area contributed by atoms with Gasteiger partial charge in [-0.05, 0) is 18.2 Å². The molecule has 1 rings (SSSR count). The Morgan fingerprint density at radius 3 is 2.65 bits per heavy atom. The van der Waals surface area contributed by atoms with Crippen LogP contribution in [0.2, 0.25) is 5.02 Å². The molecule has 0 aliphatic rings. The van der Waals surface area contributed by atoms with Crippen LogP contribution in [0.25, 0.3) is 0 Å². The minimum Gasteiger partial charge on any atom is -0.398 e. The molecule has 92 valence electrons. The van der Waals surface area contributed by atoms with Gasteiger partial charge in [-0.1, -0.05) is 11.6 Å². The van der Waals surface area contributed by atoms with Crippen molar-refractivity contribution in [3.63, 3.8) is 0 Å². The van der Waals surface area contributed by atoms with Crippen molar-refractivity contribution in [1.82, 2.24) is 5.32 Å². The second-order valence-corrected chi connectivity index (χ2v) is 3.77. The predicted octanol–water partition coefficient (Wildman–Crippen LogP) is -0.502. The van der Waals surface area contributed by atoms with Crippen molar-refractivity contribution in [2.75, 3.05) is 12.3 Å². The second-order valence-electron chi connectivity index (χ2n) is 3.36. The van der Waals surface area contributed by atoms with Gasteiger partial charge in [-0.25, -0.2) is 0 Å². The number of carbonyl (C=O) groups excluding carboxylic acids is 2. The molecule has 1 unspecified atom stereocenters. The van der Waals surface area contributed by atoms with Crippen LogP contribution in [0.5, 0.6) is 0 Å². The van der Waals surface area contributed by atoms with E-state index in [2.05, 4.69) is 5.32 Å². The molecule has 0 fully saturated rings. The van der Waals surface area contributed by atoms with Gasteiger partial charge in [-0.2, -0.15) is 0 Å². The Bertz CT molecular complexity index is 450. The summed E-state index contributed by atoms with van der Waals surface area (Å²) in [4.78, 5) is 22.1. The lowest BCUT2D eigenvalue weighted by atomic mass is 10.2. The molecule has 0 saturated carbocycles. The third-order valence-corrected chi connectivity index (χ3v) is 2.37. The molecule has 1 atom stereocenters. The minimum absolute atomic E-state index is 0.254. The molecule has 6 N–H and O–H groups in total. The number of carbonyl (C=O) groups is 2. The summed E-state index contributed by atoms with van der Waals surface area (Å²) >= 11 is 5.74. The highest BCUT2D eigenvalue weighted by Crippen LogP contribution is 2.19. The molecule has 6 nitrogen and oxygen atoms in total. The molecular weight excluding hydrogens is 246 g/mol. The lowest BCUT2D eigenvalue weighted by molar-refractivity contribution is -0.125. The summed E-state index contributed by atoms with van der Waals surface area (Å²) in [6.45, 7) is -0.254. The first-order valence-corrected chi connectivity index (χ1v) is 5.10. The van der Waals surface area contributed by atoms with Crippen molar-refractivity contribution < 1.29 is 14.7 Å². The number of primary amides is 1. The fraction of sp³-hybridized carbons (Fsp3) is 0.200. The number of anilines is 1. The summed E-state index contributed by atoms with van der Waals surface area (Å²) in [6, 6.07) is 4.36. The summed E-state index contributed by atoms with van der Waals surface area (Å²) in [5, 5.41) is 11.7. The third kappa shape index (κ3) is 3.61. The van der Waals surface area contributed by atoms with Gasteiger partial charge in [0.15, 0.2) is 0 Å². The predicted molar refractivity (Wildman–Crippen MR) is 63.4 cm³/mol. The maximum absolute atomic E-state index is 11.6. The topological polar surface area (TPSA) is 118 Å². The van der Waals surface area contributed by atoms with Crippen LogP contribution >= 0.6 is 11.6 Å². The number of nitrogens with one attached hydrogen (secondary N) is 1. The first-order chi connectivity index (χ1) is 7.91. The summed E-state index contributed by atoms with van der Waals surface area (Å²) in [5.41, 5.74) is 11.0. The minimum atomic E-state index is -1.41. The van der Waals surface area contributed by atoms with E-state index in [0.717, 1.165) is 0 Å². The van der Waals surface area contributed by atoms with Crippen LogP contribution in [0.15, 0.2) is 18.2 Å². The molecule has 0 aliphatic heterocycles. The van der Waals surface area contributed by atoms with E-state index in [1.54, 1.807) is 0 Å². The fourth-order valence-corrected chi connectivity index (χ4v) is 1.24. The van der Waals surface area contributed by atoms with Crippen molar-refractivity contribution in [3.8, 4) is 0 Å². The van der Waals surface area contributed by atoms with Crippen LogP contribution in [-0.2, 0) is 4.79 Å². The van der Waals surface area contributed by atoms with Crippen molar-refractivity contribution >= 4 is 29.1 Å². The van der Waals surface area contributed by atoms with E-state index >= 15 is 0 Å². The molecule has 1 aromatic rings. The number of rotatable bonds is 4. The van der Waals surface area contributed by atoms with Crippen LogP contribution in [-0.4, -0.2) is 29.6 Å². The lowest BCUT2D eigenvalue weighted by Crippen LogP contribution is -2.39. The molecule has 0 saturated heterocycles. The molecule has 17 heavy (non-hydrogen) atoms. The maximum Gasteiger partial charge on any atom is 0.251 e. The number of benzene rings is 1. The van der Waals surface area contributed by atoms with Crippen LogP contribution < -0.4 is 16.8 Å². The Morgan fingerprint density at radius 1 is 1.47 bits per heavy atom. The molecule has 2 amide bonds. The molecule has 0 bridgehead atoms. The van der Waals surface area contributed by atoms with Crippen LogP contribution in [0.1, 0.15) is 10.4 Å². The Morgan fingerprint density at radius 2 is 2.12 bits per heavy atom. The Hall–Kier alpha value is -1.79. The molecule has 1 aromatic carbocycles. The normalized spacial score (nSPS) is 11.9. The maximum atomic E-state index is 11.6. The van der Waals surface area contributed by atoms with Gasteiger partial charge in [-0.15, -0.1) is 0 Å². The summed E-state index contributed by atoms with van der Waals surface area (Å²) < 4.78 is 0. The highest BCUT2D eigenvalue weighted by atomic mass is 35.5. The smallest absolute Gasteiger partial charge is 0.251 e. The summed E-state index contributed by atoms with van der Waals surface area (Å²) in [7, 11) is 0. The quantitative estimate of drug-likeness (QED) is 0.544. The molecule has 0 aromatic heterocycles. The van der Waals surface area contributed by atoms with Crippen LogP contribution in [0, 0.1) is 0 Å². The van der Waals surface area contributed by atoms with Crippen molar-refractivity contribution in [3.05, 3.63) is 28.8 Å². The van der Waals surface area contributed by atoms with Gasteiger partial charge < -0.3 is 21.9 Å². The fourth-order valence-electron chi connectivity index (χ4n) is 1.06. The number of halogens is 1. The van der Waals surface area contributed by atoms with Gasteiger partial charge >= 0.3 is 0 Å². The van der Waals surface area contributed by atoms with E-state index in [-0.39, 0.29) is 17.1 Å². The van der Waals surface area contributed by atoms with Crippen molar-refractivity contribution in [2.24, 2.45) is 5.73 Å². The largest absolute Gasteiger partial charge is 0.398 e. The number of aliphatic hydroxyl groups is 1. The number of hydrogen-bond acceptors (Lipinski definition) is 4. The van der Waals surface area contributed by atoms with E-state index in [1.807, 2.05) is 0 Å². The SMILES string of the molecule is NC(=O)C(O)CNC(=O)c1ccc(N)c(Cl)c1. The van der Waals surface area contributed by atoms with Gasteiger partial charge in [0.2, 0.25) is 5.91 Å². The van der Waals surface area contributed by atoms with E-state index in [9.17, 15) is 9.59 Å².